The monoisotopic (exact) mass is 409 g/mol. The third-order valence-corrected chi connectivity index (χ3v) is 4.93. The maximum atomic E-state index is 14.2. The van der Waals surface area contributed by atoms with Gasteiger partial charge in [-0.2, -0.15) is 22.5 Å². The zero-order valence-corrected chi connectivity index (χ0v) is 15.0. The highest BCUT2D eigenvalue weighted by Crippen LogP contribution is 2.55. The highest BCUT2D eigenvalue weighted by Gasteiger charge is 2.71. The molecule has 1 amide bonds. The summed E-state index contributed by atoms with van der Waals surface area (Å²) in [6, 6.07) is 0.686. The lowest BCUT2D eigenvalue weighted by Gasteiger charge is -2.43. The van der Waals surface area contributed by atoms with Crippen LogP contribution in [-0.2, 0) is 11.3 Å². The van der Waals surface area contributed by atoms with E-state index in [2.05, 4.69) is 15.6 Å². The number of carbonyl (C=O) groups excluding carboxylic acids is 1. The molecular weight excluding hydrogens is 389 g/mol. The molecule has 11 heteroatoms. The molecule has 1 aromatic heterocycles. The fourth-order valence-electron chi connectivity index (χ4n) is 3.20. The van der Waals surface area contributed by atoms with Crippen molar-refractivity contribution in [3.05, 3.63) is 17.4 Å². The molecule has 2 heterocycles. The van der Waals surface area contributed by atoms with E-state index in [-0.39, 0.29) is 29.9 Å². The standard InChI is InChI=1S/C17H20F5N3O3/c1-27-14-9(7-24-13(26)12-3-2-4-23-12)5-11(18)15(25-14)28-8-10-6-16(19,20)17(10,21)22/h5,10,12,23H,2-4,6-8H2,1H3,(H,24,26)/t10?,12-/m0/s1. The van der Waals surface area contributed by atoms with Gasteiger partial charge in [0.05, 0.1) is 25.7 Å². The van der Waals surface area contributed by atoms with E-state index in [0.717, 1.165) is 19.0 Å². The van der Waals surface area contributed by atoms with Gasteiger partial charge in [0.15, 0.2) is 5.82 Å². The van der Waals surface area contributed by atoms with Crippen molar-refractivity contribution in [1.82, 2.24) is 15.6 Å². The second-order valence-electron chi connectivity index (χ2n) is 6.85. The van der Waals surface area contributed by atoms with Crippen LogP contribution in [0.4, 0.5) is 22.0 Å². The molecule has 0 radical (unpaired) electrons. The number of rotatable bonds is 7. The van der Waals surface area contributed by atoms with Gasteiger partial charge >= 0.3 is 11.8 Å². The number of methoxy groups -OCH3 is 1. The van der Waals surface area contributed by atoms with Gasteiger partial charge in [-0.3, -0.25) is 4.79 Å². The van der Waals surface area contributed by atoms with Crippen LogP contribution in [0.2, 0.25) is 0 Å². The molecule has 1 saturated carbocycles. The van der Waals surface area contributed by atoms with E-state index in [9.17, 15) is 26.7 Å². The number of nitrogens with zero attached hydrogens (tertiary/aromatic N) is 1. The van der Waals surface area contributed by atoms with Gasteiger partial charge in [-0.1, -0.05) is 0 Å². The number of alkyl halides is 4. The van der Waals surface area contributed by atoms with Gasteiger partial charge < -0.3 is 20.1 Å². The molecule has 156 valence electrons. The summed E-state index contributed by atoms with van der Waals surface area (Å²) in [5.41, 5.74) is 0.221. The number of ether oxygens (including phenoxy) is 2. The van der Waals surface area contributed by atoms with E-state index in [1.165, 1.54) is 7.11 Å². The number of aromatic nitrogens is 1. The minimum atomic E-state index is -4.20. The van der Waals surface area contributed by atoms with Crippen molar-refractivity contribution < 1.29 is 36.2 Å². The van der Waals surface area contributed by atoms with E-state index in [1.807, 2.05) is 0 Å². The third-order valence-electron chi connectivity index (χ3n) is 4.93. The van der Waals surface area contributed by atoms with Crippen molar-refractivity contribution in [3.8, 4) is 11.8 Å². The molecule has 1 aromatic rings. The zero-order valence-electron chi connectivity index (χ0n) is 15.0. The lowest BCUT2D eigenvalue weighted by molar-refractivity contribution is -0.317. The van der Waals surface area contributed by atoms with Crippen LogP contribution >= 0.6 is 0 Å². The van der Waals surface area contributed by atoms with Gasteiger partial charge in [-0.15, -0.1) is 0 Å². The van der Waals surface area contributed by atoms with Crippen LogP contribution in [0.15, 0.2) is 6.07 Å². The van der Waals surface area contributed by atoms with Crippen LogP contribution in [0.25, 0.3) is 0 Å². The summed E-state index contributed by atoms with van der Waals surface area (Å²) in [6.07, 6.45) is 0.543. The van der Waals surface area contributed by atoms with Crippen LogP contribution < -0.4 is 20.1 Å². The van der Waals surface area contributed by atoms with Gasteiger partial charge in [0.1, 0.15) is 0 Å². The van der Waals surface area contributed by atoms with Crippen molar-refractivity contribution >= 4 is 5.91 Å². The fourth-order valence-corrected chi connectivity index (χ4v) is 3.20. The molecule has 3 rings (SSSR count). The van der Waals surface area contributed by atoms with Crippen molar-refractivity contribution in [2.75, 3.05) is 20.3 Å². The molecule has 2 N–H and O–H groups in total. The fraction of sp³-hybridized carbons (Fsp3) is 0.647. The number of carbonyl (C=O) groups is 1. The minimum Gasteiger partial charge on any atom is -0.481 e. The first-order chi connectivity index (χ1) is 13.2. The zero-order chi connectivity index (χ0) is 20.5. The Hall–Kier alpha value is -2.17. The average Bonchev–Trinajstić information content (AvgIpc) is 3.18. The van der Waals surface area contributed by atoms with E-state index in [4.69, 9.17) is 9.47 Å². The molecular formula is C17H20F5N3O3. The van der Waals surface area contributed by atoms with E-state index < -0.39 is 42.5 Å². The second-order valence-corrected chi connectivity index (χ2v) is 6.85. The van der Waals surface area contributed by atoms with E-state index >= 15 is 0 Å². The topological polar surface area (TPSA) is 72.5 Å². The number of nitrogens with one attached hydrogen (secondary N) is 2. The Morgan fingerprint density at radius 1 is 1.36 bits per heavy atom. The third kappa shape index (κ3) is 3.85. The summed E-state index contributed by atoms with van der Waals surface area (Å²) in [5, 5.41) is 5.66. The predicted octanol–water partition coefficient (Wildman–Crippen LogP) is 2.27. The van der Waals surface area contributed by atoms with E-state index in [0.29, 0.717) is 6.42 Å². The van der Waals surface area contributed by atoms with Gasteiger partial charge in [0, 0.05) is 18.5 Å². The maximum Gasteiger partial charge on any atom is 0.316 e. The number of pyridine rings is 1. The van der Waals surface area contributed by atoms with Crippen molar-refractivity contribution in [2.45, 2.75) is 43.7 Å². The molecule has 0 bridgehead atoms. The number of amides is 1. The second kappa shape index (κ2) is 7.69. The summed E-state index contributed by atoms with van der Waals surface area (Å²) < 4.78 is 76.4. The summed E-state index contributed by atoms with van der Waals surface area (Å²) in [6.45, 7) is -0.119. The smallest absolute Gasteiger partial charge is 0.316 e. The molecule has 1 aliphatic heterocycles. The summed E-state index contributed by atoms with van der Waals surface area (Å²) in [7, 11) is 1.26. The van der Waals surface area contributed by atoms with Gasteiger partial charge in [-0.05, 0) is 25.5 Å². The largest absolute Gasteiger partial charge is 0.481 e. The van der Waals surface area contributed by atoms with Crippen LogP contribution in [0.1, 0.15) is 24.8 Å². The lowest BCUT2D eigenvalue weighted by atomic mass is 9.77. The Balaban J connectivity index is 1.62. The Morgan fingerprint density at radius 3 is 2.68 bits per heavy atom. The van der Waals surface area contributed by atoms with Crippen molar-refractivity contribution in [3.63, 3.8) is 0 Å². The molecule has 6 nitrogen and oxygen atoms in total. The van der Waals surface area contributed by atoms with Crippen LogP contribution in [0.3, 0.4) is 0 Å². The average molecular weight is 409 g/mol. The Morgan fingerprint density at radius 2 is 2.11 bits per heavy atom. The molecule has 2 atom stereocenters. The Kier molecular flexibility index (Phi) is 5.64. The molecule has 28 heavy (non-hydrogen) atoms. The molecule has 1 saturated heterocycles. The minimum absolute atomic E-state index is 0.0582. The molecule has 2 aliphatic rings. The molecule has 1 unspecified atom stereocenters. The molecule has 1 aliphatic carbocycles. The normalized spacial score (nSPS) is 25.1. The SMILES string of the molecule is COc1nc(OCC2CC(F)(F)C2(F)F)c(F)cc1CNC(=O)[C@@H]1CCCN1. The maximum absolute atomic E-state index is 14.2. The summed E-state index contributed by atoms with van der Waals surface area (Å²) >= 11 is 0. The van der Waals surface area contributed by atoms with Gasteiger partial charge in [0.2, 0.25) is 11.8 Å². The highest BCUT2D eigenvalue weighted by atomic mass is 19.3. The van der Waals surface area contributed by atoms with Crippen molar-refractivity contribution in [2.24, 2.45) is 5.92 Å². The van der Waals surface area contributed by atoms with Gasteiger partial charge in [-0.25, -0.2) is 4.39 Å². The first-order valence-electron chi connectivity index (χ1n) is 8.78. The van der Waals surface area contributed by atoms with Crippen LogP contribution in [0, 0.1) is 11.7 Å². The first kappa shape index (κ1) is 20.6. The number of hydrogen-bond donors (Lipinski definition) is 2. The lowest BCUT2D eigenvalue weighted by Crippen LogP contribution is -2.60. The molecule has 0 spiro atoms. The molecule has 0 aromatic carbocycles. The predicted molar refractivity (Wildman–Crippen MR) is 87.1 cm³/mol. The Labute approximate surface area is 157 Å². The van der Waals surface area contributed by atoms with Crippen LogP contribution in [0.5, 0.6) is 11.8 Å². The van der Waals surface area contributed by atoms with Crippen LogP contribution in [-0.4, -0.2) is 49.0 Å². The quantitative estimate of drug-likeness (QED) is 0.676. The number of hydrogen-bond acceptors (Lipinski definition) is 5. The summed E-state index contributed by atoms with van der Waals surface area (Å²) in [5.74, 6) is -11.9. The van der Waals surface area contributed by atoms with Crippen molar-refractivity contribution in [1.29, 1.82) is 0 Å². The number of halogens is 5. The highest BCUT2D eigenvalue weighted by molar-refractivity contribution is 5.82. The summed E-state index contributed by atoms with van der Waals surface area (Å²) in [4.78, 5) is 15.8. The van der Waals surface area contributed by atoms with Gasteiger partial charge in [0.25, 0.3) is 5.88 Å². The molecule has 2 fully saturated rings. The van der Waals surface area contributed by atoms with E-state index in [1.54, 1.807) is 0 Å². The first-order valence-corrected chi connectivity index (χ1v) is 8.78. The Bertz CT molecular complexity index is 741.